The van der Waals surface area contributed by atoms with Gasteiger partial charge in [-0.2, -0.15) is 0 Å². The third kappa shape index (κ3) is 3.34. The third-order valence-corrected chi connectivity index (χ3v) is 6.76. The van der Waals surface area contributed by atoms with Crippen molar-refractivity contribution in [3.05, 3.63) is 40.8 Å². The molecule has 0 saturated heterocycles. The minimum Gasteiger partial charge on any atom is -0.409 e. The van der Waals surface area contributed by atoms with E-state index >= 15 is 0 Å². The van der Waals surface area contributed by atoms with Crippen LogP contribution in [0.2, 0.25) is 0 Å². The molecular formula is C16H19FN6O3S. The number of rotatable bonds is 5. The second-order valence-electron chi connectivity index (χ2n) is 6.99. The highest BCUT2D eigenvalue weighted by molar-refractivity contribution is 7.92. The zero-order chi connectivity index (χ0) is 19.2. The van der Waals surface area contributed by atoms with Crippen molar-refractivity contribution < 1.29 is 18.4 Å². The number of nitrogens with zero attached hydrogens (tertiary/aromatic N) is 3. The number of aromatic nitrogens is 2. The van der Waals surface area contributed by atoms with E-state index in [4.69, 9.17) is 9.41 Å². The Bertz CT molecular complexity index is 999. The van der Waals surface area contributed by atoms with E-state index in [-0.39, 0.29) is 34.7 Å². The fraction of sp³-hybridized carbons (Fsp3) is 0.438. The van der Waals surface area contributed by atoms with Crippen LogP contribution in [0.3, 0.4) is 0 Å². The summed E-state index contributed by atoms with van der Waals surface area (Å²) in [4.78, 5) is 0. The fourth-order valence-electron chi connectivity index (χ4n) is 3.40. The predicted octanol–water partition coefficient (Wildman–Crippen LogP) is 1.85. The molecule has 27 heavy (non-hydrogen) atoms. The van der Waals surface area contributed by atoms with E-state index in [0.717, 1.165) is 11.1 Å². The summed E-state index contributed by atoms with van der Waals surface area (Å²) in [6, 6.07) is 4.38. The summed E-state index contributed by atoms with van der Waals surface area (Å²) in [7, 11) is -2.56. The summed E-state index contributed by atoms with van der Waals surface area (Å²) >= 11 is 0. The maximum absolute atomic E-state index is 13.4. The first-order valence-corrected chi connectivity index (χ1v) is 10.5. The molecule has 0 spiro atoms. The summed E-state index contributed by atoms with van der Waals surface area (Å²) in [5.41, 5.74) is 2.04. The highest BCUT2D eigenvalue weighted by Gasteiger charge is 2.36. The number of fused-ring (bicyclic) bond motifs is 1. The van der Waals surface area contributed by atoms with Crippen LogP contribution in [0.15, 0.2) is 28.0 Å². The van der Waals surface area contributed by atoms with Crippen LogP contribution in [0, 0.1) is 10.6 Å². The monoisotopic (exact) mass is 394 g/mol. The molecule has 2 aliphatic rings. The molecule has 144 valence electrons. The second kappa shape index (κ2) is 6.48. The van der Waals surface area contributed by atoms with Gasteiger partial charge < -0.3 is 15.8 Å². The van der Waals surface area contributed by atoms with E-state index in [1.165, 1.54) is 18.4 Å². The van der Waals surface area contributed by atoms with Gasteiger partial charge in [0, 0.05) is 27.3 Å². The average Bonchev–Trinajstić information content (AvgIpc) is 3.00. The number of hydrogen-bond donors (Lipinski definition) is 4. The van der Waals surface area contributed by atoms with Crippen molar-refractivity contribution in [1.82, 2.24) is 15.6 Å². The van der Waals surface area contributed by atoms with Crippen LogP contribution in [-0.4, -0.2) is 43.1 Å². The normalized spacial score (nSPS) is 26.3. The van der Waals surface area contributed by atoms with Crippen LogP contribution in [0.4, 0.5) is 10.2 Å². The summed E-state index contributed by atoms with van der Waals surface area (Å²) in [6.45, 7) is 0. The van der Waals surface area contributed by atoms with Crippen molar-refractivity contribution in [3.8, 4) is 0 Å². The van der Waals surface area contributed by atoms with E-state index in [1.54, 1.807) is 6.07 Å². The van der Waals surface area contributed by atoms with Crippen LogP contribution in [0.25, 0.3) is 0 Å². The molecule has 0 radical (unpaired) electrons. The molecular weight excluding hydrogens is 375 g/mol. The summed E-state index contributed by atoms with van der Waals surface area (Å²) < 4.78 is 37.5. The Balaban J connectivity index is 1.44. The van der Waals surface area contributed by atoms with E-state index in [1.807, 2.05) is 0 Å². The Morgan fingerprint density at radius 1 is 1.44 bits per heavy atom. The molecule has 1 unspecified atom stereocenters. The van der Waals surface area contributed by atoms with E-state index in [2.05, 4.69) is 26.1 Å². The first-order chi connectivity index (χ1) is 12.8. The van der Waals surface area contributed by atoms with Crippen LogP contribution in [-0.2, 0) is 16.1 Å². The predicted molar refractivity (Wildman–Crippen MR) is 95.8 cm³/mol. The Morgan fingerprint density at radius 2 is 2.22 bits per heavy atom. The van der Waals surface area contributed by atoms with Gasteiger partial charge in [0.15, 0.2) is 11.5 Å². The number of oxime groups is 1. The first kappa shape index (κ1) is 17.7. The quantitative estimate of drug-likeness (QED) is 0.263. The van der Waals surface area contributed by atoms with Crippen LogP contribution < -0.4 is 10.6 Å². The standard InChI is InChI=1S/C16H19FN6O3S/c1-27(18,25)11-6-10(7-11)19-16-14(22-26-23-16)15(21-24)20-13-4-8-2-3-9(17)5-12(8)13/h2-3,5,10-11,13,18,24H,4,6-7H2,1H3,(H,19,23)(H,20,21)/t10-,11-,13-,27?/m0/s1. The maximum Gasteiger partial charge on any atom is 0.202 e. The molecule has 0 amide bonds. The molecule has 1 heterocycles. The number of nitrogens with one attached hydrogen (secondary N) is 3. The van der Waals surface area contributed by atoms with Gasteiger partial charge in [-0.05, 0) is 52.8 Å². The lowest BCUT2D eigenvalue weighted by molar-refractivity contribution is 0.302. The van der Waals surface area contributed by atoms with E-state index < -0.39 is 9.73 Å². The number of hydrogen-bond acceptors (Lipinski definition) is 8. The highest BCUT2D eigenvalue weighted by atomic mass is 32.2. The van der Waals surface area contributed by atoms with Gasteiger partial charge in [0.1, 0.15) is 5.82 Å². The minimum absolute atomic E-state index is 0.00903. The highest BCUT2D eigenvalue weighted by Crippen LogP contribution is 2.34. The Hall–Kier alpha value is -2.69. The van der Waals surface area contributed by atoms with Gasteiger partial charge in [0.25, 0.3) is 0 Å². The first-order valence-electron chi connectivity index (χ1n) is 8.44. The van der Waals surface area contributed by atoms with Crippen LogP contribution in [0.1, 0.15) is 35.7 Å². The van der Waals surface area contributed by atoms with Gasteiger partial charge in [-0.1, -0.05) is 11.2 Å². The Labute approximate surface area is 155 Å². The Morgan fingerprint density at radius 3 is 2.93 bits per heavy atom. The molecule has 4 rings (SSSR count). The topological polar surface area (TPSA) is 136 Å². The lowest BCUT2D eigenvalue weighted by Crippen LogP contribution is -2.43. The maximum atomic E-state index is 13.4. The van der Waals surface area contributed by atoms with Gasteiger partial charge in [-0.15, -0.1) is 0 Å². The Kier molecular flexibility index (Phi) is 4.25. The molecule has 2 aromatic rings. The lowest BCUT2D eigenvalue weighted by Gasteiger charge is -2.35. The second-order valence-corrected chi connectivity index (χ2v) is 9.47. The summed E-state index contributed by atoms with van der Waals surface area (Å²) in [5.74, 6) is 0.0362. The number of amidine groups is 1. The molecule has 1 saturated carbocycles. The number of halogens is 1. The van der Waals surface area contributed by atoms with E-state index in [0.29, 0.717) is 25.1 Å². The lowest BCUT2D eigenvalue weighted by atomic mass is 9.83. The van der Waals surface area contributed by atoms with Crippen molar-refractivity contribution in [2.75, 3.05) is 11.6 Å². The van der Waals surface area contributed by atoms with Gasteiger partial charge >= 0.3 is 0 Å². The molecule has 1 aromatic heterocycles. The number of anilines is 1. The van der Waals surface area contributed by atoms with Crippen LogP contribution >= 0.6 is 0 Å². The van der Waals surface area contributed by atoms with Crippen molar-refractivity contribution in [2.24, 2.45) is 5.16 Å². The third-order valence-electron chi connectivity index (χ3n) is 5.10. The summed E-state index contributed by atoms with van der Waals surface area (Å²) in [5, 5.41) is 26.2. The zero-order valence-corrected chi connectivity index (χ0v) is 15.3. The molecule has 9 nitrogen and oxygen atoms in total. The van der Waals surface area contributed by atoms with Crippen LogP contribution in [0.5, 0.6) is 0 Å². The smallest absolute Gasteiger partial charge is 0.202 e. The largest absolute Gasteiger partial charge is 0.409 e. The van der Waals surface area contributed by atoms with Gasteiger partial charge in [-0.25, -0.2) is 13.2 Å². The molecule has 1 fully saturated rings. The SMILES string of the molecule is CS(=N)(=O)[C@H]1C[C@H](Nc2nonc2/C(=N\O)N[C@H]2Cc3ccc(F)cc32)C1. The molecule has 0 aliphatic heterocycles. The van der Waals surface area contributed by atoms with Crippen molar-refractivity contribution in [2.45, 2.75) is 36.6 Å². The van der Waals surface area contributed by atoms with Crippen molar-refractivity contribution in [3.63, 3.8) is 0 Å². The molecule has 4 N–H and O–H groups in total. The average molecular weight is 394 g/mol. The van der Waals surface area contributed by atoms with Crippen molar-refractivity contribution >= 4 is 21.4 Å². The summed E-state index contributed by atoms with van der Waals surface area (Å²) in [6.07, 6.45) is 3.27. The molecule has 2 aliphatic carbocycles. The van der Waals surface area contributed by atoms with E-state index in [9.17, 15) is 13.8 Å². The number of benzene rings is 1. The fourth-order valence-corrected chi connectivity index (χ4v) is 4.60. The molecule has 2 atom stereocenters. The van der Waals surface area contributed by atoms with Crippen molar-refractivity contribution in [1.29, 1.82) is 4.78 Å². The molecule has 11 heteroatoms. The van der Waals surface area contributed by atoms with Gasteiger partial charge in [-0.3, -0.25) is 4.78 Å². The zero-order valence-electron chi connectivity index (χ0n) is 14.5. The van der Waals surface area contributed by atoms with Gasteiger partial charge in [0.05, 0.1) is 6.04 Å². The van der Waals surface area contributed by atoms with Gasteiger partial charge in [0.2, 0.25) is 5.82 Å². The molecule has 0 bridgehead atoms. The minimum atomic E-state index is -2.56. The molecule has 1 aromatic carbocycles.